The van der Waals surface area contributed by atoms with E-state index < -0.39 is 28.5 Å². The van der Waals surface area contributed by atoms with E-state index in [0.717, 1.165) is 16.3 Å². The fraction of sp³-hybridized carbons (Fsp3) is 0.286. The third-order valence-corrected chi connectivity index (χ3v) is 7.97. The average molecular weight is 558 g/mol. The van der Waals surface area contributed by atoms with E-state index >= 15 is 0 Å². The van der Waals surface area contributed by atoms with Gasteiger partial charge in [-0.1, -0.05) is 61.0 Å². The highest BCUT2D eigenvalue weighted by Gasteiger charge is 2.33. The van der Waals surface area contributed by atoms with Crippen molar-refractivity contribution < 1.29 is 22.7 Å². The summed E-state index contributed by atoms with van der Waals surface area (Å²) in [7, 11) is -2.73. The van der Waals surface area contributed by atoms with Crippen LogP contribution in [0.15, 0.2) is 83.8 Å². The van der Waals surface area contributed by atoms with Crippen LogP contribution in [0.2, 0.25) is 5.02 Å². The first-order valence-electron chi connectivity index (χ1n) is 12.2. The number of nitrogens with zero attached hydrogens (tertiary/aromatic N) is 2. The van der Waals surface area contributed by atoms with Gasteiger partial charge < -0.3 is 15.0 Å². The molecule has 1 atom stereocenters. The number of methoxy groups -OCH3 is 1. The molecular formula is C28H32ClN3O5S. The Hall–Kier alpha value is -3.56. The van der Waals surface area contributed by atoms with Crippen molar-refractivity contribution in [1.29, 1.82) is 0 Å². The molecule has 0 spiro atoms. The molecule has 0 saturated heterocycles. The molecule has 8 nitrogen and oxygen atoms in total. The zero-order valence-electron chi connectivity index (χ0n) is 21.6. The Morgan fingerprint density at radius 2 is 1.61 bits per heavy atom. The van der Waals surface area contributed by atoms with Crippen LogP contribution in [0.25, 0.3) is 0 Å². The molecule has 0 bridgehead atoms. The molecule has 0 aliphatic rings. The predicted molar refractivity (Wildman–Crippen MR) is 149 cm³/mol. The number of anilines is 1. The number of halogens is 1. The van der Waals surface area contributed by atoms with E-state index in [1.807, 2.05) is 6.92 Å². The summed E-state index contributed by atoms with van der Waals surface area (Å²) in [5.74, 6) is -0.591. The normalized spacial score (nSPS) is 11.9. The lowest BCUT2D eigenvalue weighted by molar-refractivity contribution is -0.139. The minimum atomic E-state index is -4.17. The zero-order chi connectivity index (χ0) is 27.7. The molecule has 0 saturated carbocycles. The first kappa shape index (κ1) is 29.0. The second-order valence-electron chi connectivity index (χ2n) is 8.61. The molecule has 202 valence electrons. The van der Waals surface area contributed by atoms with Crippen LogP contribution in [-0.4, -0.2) is 51.4 Å². The number of benzene rings is 3. The van der Waals surface area contributed by atoms with E-state index in [-0.39, 0.29) is 28.8 Å². The molecule has 3 aromatic carbocycles. The largest absolute Gasteiger partial charge is 0.495 e. The van der Waals surface area contributed by atoms with E-state index in [2.05, 4.69) is 5.32 Å². The fourth-order valence-electron chi connectivity index (χ4n) is 3.83. The van der Waals surface area contributed by atoms with Crippen LogP contribution < -0.4 is 14.4 Å². The summed E-state index contributed by atoms with van der Waals surface area (Å²) in [4.78, 5) is 28.2. The molecule has 3 rings (SSSR count). The topological polar surface area (TPSA) is 96.0 Å². The summed E-state index contributed by atoms with van der Waals surface area (Å²) in [5, 5.41) is 3.35. The second-order valence-corrected chi connectivity index (χ2v) is 10.9. The monoisotopic (exact) mass is 557 g/mol. The van der Waals surface area contributed by atoms with Gasteiger partial charge in [0.1, 0.15) is 18.3 Å². The molecule has 0 aromatic heterocycles. The number of para-hydroxylation sites is 2. The lowest BCUT2D eigenvalue weighted by Crippen LogP contribution is -2.51. The van der Waals surface area contributed by atoms with Gasteiger partial charge in [-0.25, -0.2) is 8.42 Å². The maximum atomic E-state index is 13.9. The third-order valence-electron chi connectivity index (χ3n) is 5.95. The first-order chi connectivity index (χ1) is 18.2. The molecule has 0 heterocycles. The quantitative estimate of drug-likeness (QED) is 0.354. The number of carbonyl (C=O) groups is 2. The number of carbonyl (C=O) groups excluding carboxylic acids is 2. The maximum absolute atomic E-state index is 13.9. The van der Waals surface area contributed by atoms with Crippen molar-refractivity contribution in [2.75, 3.05) is 24.5 Å². The Bertz CT molecular complexity index is 1330. The van der Waals surface area contributed by atoms with Crippen molar-refractivity contribution in [2.45, 2.75) is 37.8 Å². The Morgan fingerprint density at radius 1 is 0.974 bits per heavy atom. The molecule has 1 unspecified atom stereocenters. The first-order valence-corrected chi connectivity index (χ1v) is 14.0. The van der Waals surface area contributed by atoms with E-state index in [4.69, 9.17) is 16.3 Å². The minimum Gasteiger partial charge on any atom is -0.495 e. The Balaban J connectivity index is 2.04. The van der Waals surface area contributed by atoms with Gasteiger partial charge >= 0.3 is 0 Å². The van der Waals surface area contributed by atoms with E-state index in [1.54, 1.807) is 73.7 Å². The summed E-state index contributed by atoms with van der Waals surface area (Å²) in [5.41, 5.74) is 0.953. The number of ether oxygens (including phenoxy) is 1. The number of hydrogen-bond donors (Lipinski definition) is 1. The van der Waals surface area contributed by atoms with E-state index in [9.17, 15) is 18.0 Å². The summed E-state index contributed by atoms with van der Waals surface area (Å²) >= 11 is 6.02. The van der Waals surface area contributed by atoms with Gasteiger partial charge in [0.15, 0.2) is 0 Å². The Kier molecular flexibility index (Phi) is 10.2. The molecule has 1 N–H and O–H groups in total. The SMILES string of the molecule is CCCNC(=O)C(C)N(Cc1ccc(Cl)cc1)C(=O)CN(c1ccccc1OC)S(=O)(=O)c1ccccc1. The van der Waals surface area contributed by atoms with Gasteiger partial charge in [-0.15, -0.1) is 0 Å². The van der Waals surface area contributed by atoms with Gasteiger partial charge in [0.25, 0.3) is 10.0 Å². The smallest absolute Gasteiger partial charge is 0.264 e. The molecular weight excluding hydrogens is 526 g/mol. The highest BCUT2D eigenvalue weighted by atomic mass is 35.5. The number of sulfonamides is 1. The van der Waals surface area contributed by atoms with Gasteiger partial charge in [0, 0.05) is 18.1 Å². The maximum Gasteiger partial charge on any atom is 0.264 e. The van der Waals surface area contributed by atoms with Crippen molar-refractivity contribution in [2.24, 2.45) is 0 Å². The summed E-state index contributed by atoms with van der Waals surface area (Å²) in [6.07, 6.45) is 0.737. The van der Waals surface area contributed by atoms with Gasteiger partial charge in [0.2, 0.25) is 11.8 Å². The van der Waals surface area contributed by atoms with Crippen LogP contribution in [0, 0.1) is 0 Å². The van der Waals surface area contributed by atoms with Crippen LogP contribution in [0.4, 0.5) is 5.69 Å². The molecule has 10 heteroatoms. The van der Waals surface area contributed by atoms with E-state index in [1.165, 1.54) is 24.1 Å². The molecule has 2 amide bonds. The van der Waals surface area contributed by atoms with Crippen molar-refractivity contribution in [3.05, 3.63) is 89.4 Å². The van der Waals surface area contributed by atoms with Gasteiger partial charge in [-0.2, -0.15) is 0 Å². The lowest BCUT2D eigenvalue weighted by atomic mass is 10.1. The molecule has 0 aliphatic carbocycles. The third kappa shape index (κ3) is 7.05. The Labute approximate surface area is 229 Å². The molecule has 0 fully saturated rings. The summed E-state index contributed by atoms with van der Waals surface area (Å²) in [6, 6.07) is 20.5. The standard InChI is InChI=1S/C28H32ClN3O5S/c1-4-18-30-28(34)21(2)31(19-22-14-16-23(29)17-15-22)27(33)20-32(25-12-8-9-13-26(25)37-3)38(35,36)24-10-6-5-7-11-24/h5-17,21H,4,18-20H2,1-3H3,(H,30,34). The van der Waals surface area contributed by atoms with Crippen molar-refractivity contribution in [1.82, 2.24) is 10.2 Å². The highest BCUT2D eigenvalue weighted by Crippen LogP contribution is 2.32. The average Bonchev–Trinajstić information content (AvgIpc) is 2.94. The number of rotatable bonds is 12. The minimum absolute atomic E-state index is 0.0247. The van der Waals surface area contributed by atoms with Crippen LogP contribution in [-0.2, 0) is 26.2 Å². The molecule has 38 heavy (non-hydrogen) atoms. The number of nitrogens with one attached hydrogen (secondary N) is 1. The highest BCUT2D eigenvalue weighted by molar-refractivity contribution is 7.92. The molecule has 3 aromatic rings. The van der Waals surface area contributed by atoms with Crippen molar-refractivity contribution in [3.8, 4) is 5.75 Å². The van der Waals surface area contributed by atoms with Gasteiger partial charge in [0.05, 0.1) is 17.7 Å². The van der Waals surface area contributed by atoms with Crippen molar-refractivity contribution in [3.63, 3.8) is 0 Å². The Morgan fingerprint density at radius 3 is 2.24 bits per heavy atom. The van der Waals surface area contributed by atoms with Gasteiger partial charge in [-0.05, 0) is 55.3 Å². The van der Waals surface area contributed by atoms with Crippen LogP contribution in [0.3, 0.4) is 0 Å². The second kappa shape index (κ2) is 13.3. The molecule has 0 radical (unpaired) electrons. The molecule has 0 aliphatic heterocycles. The summed E-state index contributed by atoms with van der Waals surface area (Å²) < 4.78 is 34.1. The number of hydrogen-bond acceptors (Lipinski definition) is 5. The van der Waals surface area contributed by atoms with Gasteiger partial charge in [-0.3, -0.25) is 13.9 Å². The number of amides is 2. The van der Waals surface area contributed by atoms with Crippen molar-refractivity contribution >= 4 is 39.1 Å². The van der Waals surface area contributed by atoms with Crippen LogP contribution in [0.1, 0.15) is 25.8 Å². The van der Waals surface area contributed by atoms with Crippen LogP contribution >= 0.6 is 11.6 Å². The van der Waals surface area contributed by atoms with E-state index in [0.29, 0.717) is 11.6 Å². The predicted octanol–water partition coefficient (Wildman–Crippen LogP) is 4.49. The fourth-order valence-corrected chi connectivity index (χ4v) is 5.41. The lowest BCUT2D eigenvalue weighted by Gasteiger charge is -2.32. The zero-order valence-corrected chi connectivity index (χ0v) is 23.2. The van der Waals surface area contributed by atoms with Crippen LogP contribution in [0.5, 0.6) is 5.75 Å². The summed E-state index contributed by atoms with van der Waals surface area (Å²) in [6.45, 7) is 3.55.